The highest BCUT2D eigenvalue weighted by molar-refractivity contribution is 7.80. The third-order valence-electron chi connectivity index (χ3n) is 3.58. The smallest absolute Gasteiger partial charge is 0.325 e. The lowest BCUT2D eigenvalue weighted by molar-refractivity contribution is -0.142. The van der Waals surface area contributed by atoms with Crippen LogP contribution in [0.1, 0.15) is 26.2 Å². The number of nitrogens with two attached hydrogens (primary N) is 2. The van der Waals surface area contributed by atoms with Gasteiger partial charge in [-0.2, -0.15) is 12.6 Å². The van der Waals surface area contributed by atoms with Crippen LogP contribution >= 0.6 is 12.6 Å². The number of aliphatic carboxylic acids is 2. The van der Waals surface area contributed by atoms with Crippen LogP contribution in [0.3, 0.4) is 0 Å². The first-order valence-corrected chi connectivity index (χ1v) is 9.02. The van der Waals surface area contributed by atoms with Crippen molar-refractivity contribution in [2.45, 2.75) is 50.4 Å². The summed E-state index contributed by atoms with van der Waals surface area (Å²) in [6.07, 6.45) is -1.27. The van der Waals surface area contributed by atoms with Gasteiger partial charge in [-0.3, -0.25) is 28.8 Å². The zero-order valence-electron chi connectivity index (χ0n) is 15.6. The van der Waals surface area contributed by atoms with Gasteiger partial charge in [-0.15, -0.1) is 0 Å². The van der Waals surface area contributed by atoms with Gasteiger partial charge in [0.25, 0.3) is 0 Å². The van der Waals surface area contributed by atoms with Gasteiger partial charge in [0.05, 0.1) is 12.5 Å². The lowest BCUT2D eigenvalue weighted by atomic mass is 10.1. The first kappa shape index (κ1) is 26.1. The van der Waals surface area contributed by atoms with E-state index < -0.39 is 72.6 Å². The van der Waals surface area contributed by atoms with E-state index in [2.05, 4.69) is 28.6 Å². The minimum atomic E-state index is -1.38. The van der Waals surface area contributed by atoms with Crippen LogP contribution in [0.4, 0.5) is 0 Å². The summed E-state index contributed by atoms with van der Waals surface area (Å²) in [5, 5.41) is 24.3. The lowest BCUT2D eigenvalue weighted by Crippen LogP contribution is -2.57. The number of carbonyl (C=O) groups excluding carboxylic acids is 4. The minimum Gasteiger partial charge on any atom is -0.481 e. The molecule has 29 heavy (non-hydrogen) atoms. The Kier molecular flexibility index (Phi) is 11.3. The van der Waals surface area contributed by atoms with Gasteiger partial charge in [0, 0.05) is 12.2 Å². The molecular weight excluding hydrogens is 410 g/mol. The van der Waals surface area contributed by atoms with E-state index in [1.165, 1.54) is 6.92 Å². The number of carboxylic acids is 2. The second kappa shape index (κ2) is 12.6. The Morgan fingerprint density at radius 2 is 1.45 bits per heavy atom. The molecule has 4 unspecified atom stereocenters. The van der Waals surface area contributed by atoms with Gasteiger partial charge in [-0.25, -0.2) is 0 Å². The Bertz CT molecular complexity index is 659. The maximum Gasteiger partial charge on any atom is 0.325 e. The normalized spacial score (nSPS) is 14.6. The summed E-state index contributed by atoms with van der Waals surface area (Å²) in [5.74, 6) is -6.25. The van der Waals surface area contributed by atoms with E-state index in [0.29, 0.717) is 0 Å². The molecule has 0 aliphatic rings. The molecule has 0 heterocycles. The van der Waals surface area contributed by atoms with Crippen LogP contribution in [-0.4, -0.2) is 75.7 Å². The van der Waals surface area contributed by atoms with E-state index >= 15 is 0 Å². The molecule has 0 fully saturated rings. The number of hydrogen-bond donors (Lipinski definition) is 8. The van der Waals surface area contributed by atoms with Crippen molar-refractivity contribution in [1.29, 1.82) is 0 Å². The van der Waals surface area contributed by atoms with E-state index in [1.54, 1.807) is 0 Å². The molecule has 0 aromatic heterocycles. The highest BCUT2D eigenvalue weighted by Gasteiger charge is 2.29. The van der Waals surface area contributed by atoms with E-state index in [-0.39, 0.29) is 12.2 Å². The second-order valence-electron chi connectivity index (χ2n) is 6.08. The zero-order chi connectivity index (χ0) is 22.7. The summed E-state index contributed by atoms with van der Waals surface area (Å²) < 4.78 is 0. The van der Waals surface area contributed by atoms with Crippen LogP contribution in [0.15, 0.2) is 0 Å². The fraction of sp³-hybridized carbons (Fsp3) is 0.600. The molecule has 0 aliphatic heterocycles. The molecule has 0 spiro atoms. The number of rotatable bonds is 13. The quantitative estimate of drug-likeness (QED) is 0.134. The molecular formula is C15H25N5O8S. The molecule has 13 nitrogen and oxygen atoms in total. The lowest BCUT2D eigenvalue weighted by Gasteiger charge is -2.23. The molecule has 0 saturated heterocycles. The predicted molar refractivity (Wildman–Crippen MR) is 102 cm³/mol. The highest BCUT2D eigenvalue weighted by Crippen LogP contribution is 2.02. The maximum atomic E-state index is 12.4. The second-order valence-corrected chi connectivity index (χ2v) is 6.45. The number of hydrogen-bond acceptors (Lipinski definition) is 8. The average Bonchev–Trinajstić information content (AvgIpc) is 2.61. The van der Waals surface area contributed by atoms with Crippen molar-refractivity contribution < 1.29 is 39.0 Å². The van der Waals surface area contributed by atoms with Gasteiger partial charge < -0.3 is 37.6 Å². The van der Waals surface area contributed by atoms with Crippen molar-refractivity contribution in [1.82, 2.24) is 16.0 Å². The van der Waals surface area contributed by atoms with Gasteiger partial charge >= 0.3 is 11.9 Å². The number of amides is 4. The molecule has 0 bridgehead atoms. The number of carboxylic acid groups (broad SMARTS) is 2. The summed E-state index contributed by atoms with van der Waals surface area (Å²) in [4.78, 5) is 69.0. The van der Waals surface area contributed by atoms with Crippen molar-refractivity contribution in [2.75, 3.05) is 5.75 Å². The van der Waals surface area contributed by atoms with E-state index in [0.717, 1.165) is 0 Å². The predicted octanol–water partition coefficient (Wildman–Crippen LogP) is -3.46. The first-order valence-electron chi connectivity index (χ1n) is 8.39. The molecule has 4 atom stereocenters. The van der Waals surface area contributed by atoms with Crippen molar-refractivity contribution in [2.24, 2.45) is 11.5 Å². The molecule has 0 saturated carbocycles. The molecule has 4 amide bonds. The monoisotopic (exact) mass is 435 g/mol. The first-order chi connectivity index (χ1) is 13.4. The summed E-state index contributed by atoms with van der Waals surface area (Å²) in [5.41, 5.74) is 10.4. The summed E-state index contributed by atoms with van der Waals surface area (Å²) >= 11 is 3.93. The van der Waals surface area contributed by atoms with Crippen molar-refractivity contribution in [3.63, 3.8) is 0 Å². The number of primary amides is 1. The van der Waals surface area contributed by atoms with Crippen molar-refractivity contribution >= 4 is 48.2 Å². The van der Waals surface area contributed by atoms with Crippen molar-refractivity contribution in [3.05, 3.63) is 0 Å². The van der Waals surface area contributed by atoms with Crippen LogP contribution in [0.25, 0.3) is 0 Å². The van der Waals surface area contributed by atoms with Crippen LogP contribution < -0.4 is 27.4 Å². The Labute approximate surface area is 171 Å². The van der Waals surface area contributed by atoms with Gasteiger partial charge in [0.15, 0.2) is 0 Å². The molecule has 0 aromatic carbocycles. The van der Waals surface area contributed by atoms with Crippen molar-refractivity contribution in [3.8, 4) is 0 Å². The fourth-order valence-electron chi connectivity index (χ4n) is 1.97. The Balaban J connectivity index is 5.15. The Hall–Kier alpha value is -2.87. The van der Waals surface area contributed by atoms with Gasteiger partial charge in [0.1, 0.15) is 18.1 Å². The Morgan fingerprint density at radius 3 is 1.90 bits per heavy atom. The number of nitrogens with one attached hydrogen (secondary N) is 3. The van der Waals surface area contributed by atoms with E-state index in [1.807, 2.05) is 0 Å². The molecule has 0 aromatic rings. The molecule has 164 valence electrons. The van der Waals surface area contributed by atoms with E-state index in [4.69, 9.17) is 21.7 Å². The van der Waals surface area contributed by atoms with Crippen LogP contribution in [0.5, 0.6) is 0 Å². The zero-order valence-corrected chi connectivity index (χ0v) is 16.5. The third kappa shape index (κ3) is 10.3. The van der Waals surface area contributed by atoms with Crippen LogP contribution in [0.2, 0.25) is 0 Å². The largest absolute Gasteiger partial charge is 0.481 e. The molecule has 0 radical (unpaired) electrons. The van der Waals surface area contributed by atoms with E-state index in [9.17, 15) is 28.8 Å². The summed E-state index contributed by atoms with van der Waals surface area (Å²) in [6.45, 7) is 1.19. The molecule has 0 rings (SSSR count). The fourth-order valence-corrected chi connectivity index (χ4v) is 2.22. The SMILES string of the molecule is CC(NC(=O)C(CCC(=O)O)NC(=O)C(CS)NC(=O)C(N)CC(N)=O)C(=O)O. The maximum absolute atomic E-state index is 12.4. The number of thiol groups is 1. The third-order valence-corrected chi connectivity index (χ3v) is 3.95. The number of carbonyl (C=O) groups is 6. The standard InChI is InChI=1S/C15H25N5O8S/c1-6(15(27)28)18-13(25)8(2-3-11(22)23)19-14(26)9(5-29)20-12(24)7(16)4-10(17)21/h6-9,29H,2-5,16H2,1H3,(H2,17,21)(H,18,25)(H,19,26)(H,20,24)(H,22,23)(H,27,28). The minimum absolute atomic E-state index is 0.209. The van der Waals surface area contributed by atoms with Gasteiger partial charge in [-0.1, -0.05) is 0 Å². The molecule has 0 aliphatic carbocycles. The average molecular weight is 435 g/mol. The van der Waals surface area contributed by atoms with Gasteiger partial charge in [-0.05, 0) is 13.3 Å². The summed E-state index contributed by atoms with van der Waals surface area (Å²) in [6, 6.07) is -5.22. The Morgan fingerprint density at radius 1 is 0.931 bits per heavy atom. The van der Waals surface area contributed by atoms with Gasteiger partial charge in [0.2, 0.25) is 23.6 Å². The molecule has 14 heteroatoms. The molecule has 9 N–H and O–H groups in total. The van der Waals surface area contributed by atoms with Crippen LogP contribution in [-0.2, 0) is 28.8 Å². The topological polar surface area (TPSA) is 231 Å². The highest BCUT2D eigenvalue weighted by atomic mass is 32.1. The summed E-state index contributed by atoms with van der Waals surface area (Å²) in [7, 11) is 0. The van der Waals surface area contributed by atoms with Crippen LogP contribution in [0, 0.1) is 0 Å².